The van der Waals surface area contributed by atoms with Crippen LogP contribution < -0.4 is 10.1 Å². The Hall–Kier alpha value is -2.78. The van der Waals surface area contributed by atoms with Crippen LogP contribution in [-0.2, 0) is 27.5 Å². The highest BCUT2D eigenvalue weighted by Crippen LogP contribution is 2.40. The molecule has 0 spiro atoms. The SMILES string of the molecule is CC(O)C(F)(F)c1ccc(CC(=O)Nc2ccc(OC3(c4ncc(Cl)cc4Cl)CCOCC3)cc2)cc1. The maximum Gasteiger partial charge on any atom is 0.298 e. The van der Waals surface area contributed by atoms with E-state index >= 15 is 0 Å². The van der Waals surface area contributed by atoms with Crippen LogP contribution in [0.5, 0.6) is 5.75 Å². The van der Waals surface area contributed by atoms with Gasteiger partial charge in [-0.15, -0.1) is 0 Å². The zero-order valence-electron chi connectivity index (χ0n) is 20.0. The van der Waals surface area contributed by atoms with Crippen molar-refractivity contribution in [1.29, 1.82) is 0 Å². The summed E-state index contributed by atoms with van der Waals surface area (Å²) in [6.45, 7) is 2.02. The highest BCUT2D eigenvalue weighted by molar-refractivity contribution is 6.34. The molecule has 3 aromatic rings. The van der Waals surface area contributed by atoms with Crippen molar-refractivity contribution in [3.05, 3.63) is 87.7 Å². The Morgan fingerprint density at radius 3 is 2.41 bits per heavy atom. The van der Waals surface area contributed by atoms with E-state index in [9.17, 15) is 18.7 Å². The van der Waals surface area contributed by atoms with Gasteiger partial charge in [0.15, 0.2) is 5.60 Å². The summed E-state index contributed by atoms with van der Waals surface area (Å²) in [7, 11) is 0. The summed E-state index contributed by atoms with van der Waals surface area (Å²) in [5.41, 5.74) is 0.632. The number of ether oxygens (including phenoxy) is 2. The Kier molecular flexibility index (Phi) is 8.33. The van der Waals surface area contributed by atoms with Crippen molar-refractivity contribution in [2.75, 3.05) is 18.5 Å². The molecule has 4 rings (SSSR count). The van der Waals surface area contributed by atoms with Crippen LogP contribution >= 0.6 is 23.2 Å². The third-order valence-corrected chi connectivity index (χ3v) is 6.71. The van der Waals surface area contributed by atoms with Crippen molar-refractivity contribution in [2.24, 2.45) is 0 Å². The van der Waals surface area contributed by atoms with Crippen LogP contribution in [-0.4, -0.2) is 35.3 Å². The van der Waals surface area contributed by atoms with E-state index in [1.807, 2.05) is 0 Å². The van der Waals surface area contributed by atoms with Crippen LogP contribution in [0.4, 0.5) is 14.5 Å². The molecule has 6 nitrogen and oxygen atoms in total. The Labute approximate surface area is 223 Å². The van der Waals surface area contributed by atoms with Crippen molar-refractivity contribution < 1.29 is 28.2 Å². The lowest BCUT2D eigenvalue weighted by Gasteiger charge is -2.37. The number of anilines is 1. The minimum Gasteiger partial charge on any atom is -0.481 e. The molecule has 1 amide bonds. The van der Waals surface area contributed by atoms with E-state index in [4.69, 9.17) is 32.7 Å². The normalized spacial score (nSPS) is 16.2. The molecule has 1 unspecified atom stereocenters. The summed E-state index contributed by atoms with van der Waals surface area (Å²) < 4.78 is 39.8. The summed E-state index contributed by atoms with van der Waals surface area (Å²) in [5, 5.41) is 12.9. The molecule has 2 aromatic carbocycles. The monoisotopic (exact) mass is 550 g/mol. The van der Waals surface area contributed by atoms with E-state index in [1.165, 1.54) is 30.5 Å². The number of rotatable bonds is 8. The molecule has 1 fully saturated rings. The Morgan fingerprint density at radius 1 is 1.16 bits per heavy atom. The van der Waals surface area contributed by atoms with E-state index in [0.717, 1.165) is 6.92 Å². The highest BCUT2D eigenvalue weighted by Gasteiger charge is 2.40. The predicted octanol–water partition coefficient (Wildman–Crippen LogP) is 6.13. The van der Waals surface area contributed by atoms with Crippen LogP contribution in [0.1, 0.15) is 36.6 Å². The van der Waals surface area contributed by atoms with Crippen molar-refractivity contribution in [3.63, 3.8) is 0 Å². The second kappa shape index (κ2) is 11.3. The molecule has 196 valence electrons. The minimum atomic E-state index is -3.36. The molecular weight excluding hydrogens is 525 g/mol. The zero-order valence-corrected chi connectivity index (χ0v) is 21.5. The lowest BCUT2D eigenvalue weighted by molar-refractivity contribution is -0.115. The molecule has 37 heavy (non-hydrogen) atoms. The first-order valence-electron chi connectivity index (χ1n) is 11.7. The molecule has 0 bridgehead atoms. The second-order valence-electron chi connectivity index (χ2n) is 8.94. The maximum absolute atomic E-state index is 13.9. The molecule has 1 saturated heterocycles. The number of aliphatic hydroxyl groups is 1. The summed E-state index contributed by atoms with van der Waals surface area (Å²) >= 11 is 12.5. The average molecular weight is 551 g/mol. The minimum absolute atomic E-state index is 0.00261. The molecule has 1 aliphatic rings. The third-order valence-electron chi connectivity index (χ3n) is 6.22. The quantitative estimate of drug-likeness (QED) is 0.352. The van der Waals surface area contributed by atoms with Crippen molar-refractivity contribution in [1.82, 2.24) is 4.98 Å². The fraction of sp³-hybridized carbons (Fsp3) is 0.333. The number of carbonyl (C=O) groups excluding carboxylic acids is 1. The molecule has 2 N–H and O–H groups in total. The van der Waals surface area contributed by atoms with E-state index in [0.29, 0.717) is 58.8 Å². The van der Waals surface area contributed by atoms with Gasteiger partial charge in [-0.2, -0.15) is 8.78 Å². The maximum atomic E-state index is 13.9. The van der Waals surface area contributed by atoms with Crippen molar-refractivity contribution in [2.45, 2.75) is 43.8 Å². The number of amides is 1. The first kappa shape index (κ1) is 27.3. The summed E-state index contributed by atoms with van der Waals surface area (Å²) in [6, 6.07) is 13.9. The van der Waals surface area contributed by atoms with Gasteiger partial charge >= 0.3 is 0 Å². The van der Waals surface area contributed by atoms with Crippen LogP contribution in [0.3, 0.4) is 0 Å². The number of hydrogen-bond acceptors (Lipinski definition) is 5. The van der Waals surface area contributed by atoms with Gasteiger partial charge in [0.05, 0.1) is 29.7 Å². The molecule has 1 aliphatic heterocycles. The number of pyridine rings is 1. The van der Waals surface area contributed by atoms with E-state index in [1.54, 1.807) is 30.3 Å². The first-order valence-corrected chi connectivity index (χ1v) is 12.5. The van der Waals surface area contributed by atoms with Gasteiger partial charge in [-0.1, -0.05) is 47.5 Å². The van der Waals surface area contributed by atoms with Crippen LogP contribution in [0.25, 0.3) is 0 Å². The molecule has 1 aromatic heterocycles. The van der Waals surface area contributed by atoms with E-state index < -0.39 is 17.6 Å². The van der Waals surface area contributed by atoms with Gasteiger partial charge in [0, 0.05) is 30.3 Å². The van der Waals surface area contributed by atoms with E-state index in [-0.39, 0.29) is 17.9 Å². The van der Waals surface area contributed by atoms with Crippen molar-refractivity contribution >= 4 is 34.8 Å². The van der Waals surface area contributed by atoms with Gasteiger partial charge in [-0.3, -0.25) is 9.78 Å². The van der Waals surface area contributed by atoms with Gasteiger partial charge < -0.3 is 19.9 Å². The van der Waals surface area contributed by atoms with Gasteiger partial charge in [0.25, 0.3) is 5.92 Å². The zero-order chi connectivity index (χ0) is 26.6. The van der Waals surface area contributed by atoms with Crippen LogP contribution in [0.2, 0.25) is 10.0 Å². The lowest BCUT2D eigenvalue weighted by Crippen LogP contribution is -2.40. The van der Waals surface area contributed by atoms with Crippen LogP contribution in [0.15, 0.2) is 60.8 Å². The molecule has 0 radical (unpaired) electrons. The topological polar surface area (TPSA) is 80.7 Å². The Bertz CT molecular complexity index is 1230. The average Bonchev–Trinajstić information content (AvgIpc) is 2.86. The number of aliphatic hydroxyl groups excluding tert-OH is 1. The second-order valence-corrected chi connectivity index (χ2v) is 9.78. The van der Waals surface area contributed by atoms with Gasteiger partial charge in [0.1, 0.15) is 17.5 Å². The molecule has 1 atom stereocenters. The number of alkyl halides is 2. The van der Waals surface area contributed by atoms with Gasteiger partial charge in [-0.05, 0) is 42.8 Å². The molecule has 0 saturated carbocycles. The highest BCUT2D eigenvalue weighted by atomic mass is 35.5. The molecule has 0 aliphatic carbocycles. The summed E-state index contributed by atoms with van der Waals surface area (Å²) in [5.74, 6) is -3.09. The van der Waals surface area contributed by atoms with Gasteiger partial charge in [0.2, 0.25) is 5.91 Å². The summed E-state index contributed by atoms with van der Waals surface area (Å²) in [4.78, 5) is 16.9. The molecule has 2 heterocycles. The van der Waals surface area contributed by atoms with E-state index in [2.05, 4.69) is 10.3 Å². The Balaban J connectivity index is 1.41. The number of nitrogens with zero attached hydrogens (tertiary/aromatic N) is 1. The smallest absolute Gasteiger partial charge is 0.298 e. The number of hydrogen-bond donors (Lipinski definition) is 2. The molecule has 10 heteroatoms. The number of nitrogens with one attached hydrogen (secondary N) is 1. The van der Waals surface area contributed by atoms with Gasteiger partial charge in [-0.25, -0.2) is 0 Å². The van der Waals surface area contributed by atoms with Crippen molar-refractivity contribution in [3.8, 4) is 5.75 Å². The number of aromatic nitrogens is 1. The fourth-order valence-corrected chi connectivity index (χ4v) is 4.70. The fourth-order valence-electron chi connectivity index (χ4n) is 4.15. The molecular formula is C27H26Cl2F2N2O4. The largest absolute Gasteiger partial charge is 0.481 e. The summed E-state index contributed by atoms with van der Waals surface area (Å²) in [6.07, 6.45) is 0.842. The number of benzene rings is 2. The first-order chi connectivity index (χ1) is 17.6. The predicted molar refractivity (Wildman–Crippen MR) is 137 cm³/mol. The third kappa shape index (κ3) is 6.38. The van der Waals surface area contributed by atoms with Crippen LogP contribution in [0, 0.1) is 0 Å². The number of carbonyl (C=O) groups is 1. The standard InChI is InChI=1S/C27H26Cl2F2N2O4/c1-17(34)27(30,31)19-4-2-18(3-5-19)14-24(35)33-21-6-8-22(9-7-21)37-26(10-12-36-13-11-26)25-23(29)15-20(28)16-32-25/h2-9,15-17,34H,10-14H2,1H3,(H,33,35). The Morgan fingerprint density at radius 2 is 1.81 bits per heavy atom. The number of halogens is 4. The lowest BCUT2D eigenvalue weighted by atomic mass is 9.89.